The maximum Gasteiger partial charge on any atom is 0.305 e. The number of esters is 2. The Kier molecular flexibility index (Phi) is 6.30. The van der Waals surface area contributed by atoms with E-state index in [1.807, 2.05) is 30.3 Å². The first-order chi connectivity index (χ1) is 11.4. The smallest absolute Gasteiger partial charge is 0.305 e. The lowest BCUT2D eigenvalue weighted by atomic mass is 10.1. The van der Waals surface area contributed by atoms with Gasteiger partial charge in [-0.1, -0.05) is 30.3 Å². The largest absolute Gasteiger partial charge is 0.453 e. The van der Waals surface area contributed by atoms with E-state index in [0.29, 0.717) is 6.61 Å². The van der Waals surface area contributed by atoms with Crippen molar-refractivity contribution in [3.63, 3.8) is 0 Å². The summed E-state index contributed by atoms with van der Waals surface area (Å²) in [5, 5.41) is 0. The molecule has 1 aromatic carbocycles. The Morgan fingerprint density at radius 3 is 2.29 bits per heavy atom. The van der Waals surface area contributed by atoms with E-state index in [1.54, 1.807) is 6.92 Å². The molecule has 0 aromatic heterocycles. The highest BCUT2D eigenvalue weighted by Gasteiger charge is 2.50. The third-order valence-electron chi connectivity index (χ3n) is 3.59. The molecule has 1 fully saturated rings. The molecule has 5 unspecified atom stereocenters. The van der Waals surface area contributed by atoms with Crippen molar-refractivity contribution in [2.45, 2.75) is 58.0 Å². The number of rotatable bonds is 6. The molecular formula is C17H23NO6. The maximum absolute atomic E-state index is 11.4. The Morgan fingerprint density at radius 1 is 1.12 bits per heavy atom. The van der Waals surface area contributed by atoms with Gasteiger partial charge in [-0.2, -0.15) is 0 Å². The zero-order chi connectivity index (χ0) is 17.7. The molecule has 0 radical (unpaired) electrons. The number of benzene rings is 1. The zero-order valence-corrected chi connectivity index (χ0v) is 14.0. The molecule has 1 aromatic rings. The first-order valence-corrected chi connectivity index (χ1v) is 7.79. The van der Waals surface area contributed by atoms with Crippen molar-refractivity contribution < 1.29 is 28.5 Å². The third kappa shape index (κ3) is 4.77. The van der Waals surface area contributed by atoms with Crippen LogP contribution in [0.5, 0.6) is 0 Å². The molecule has 0 spiro atoms. The molecule has 7 nitrogen and oxygen atoms in total. The van der Waals surface area contributed by atoms with Crippen LogP contribution in [0.3, 0.4) is 0 Å². The van der Waals surface area contributed by atoms with Crippen molar-refractivity contribution in [3.05, 3.63) is 35.9 Å². The lowest BCUT2D eigenvalue weighted by Gasteiger charge is -2.25. The van der Waals surface area contributed by atoms with Crippen LogP contribution in [0, 0.1) is 0 Å². The van der Waals surface area contributed by atoms with Gasteiger partial charge in [-0.3, -0.25) is 9.59 Å². The topological polar surface area (TPSA) is 97.1 Å². The first kappa shape index (κ1) is 18.4. The fraction of sp³-hybridized carbons (Fsp3) is 0.529. The van der Waals surface area contributed by atoms with Crippen LogP contribution in [-0.4, -0.2) is 42.6 Å². The molecule has 2 N–H and O–H groups in total. The Bertz CT molecular complexity index is 561. The van der Waals surface area contributed by atoms with E-state index in [9.17, 15) is 9.59 Å². The van der Waals surface area contributed by atoms with Gasteiger partial charge in [0.15, 0.2) is 6.10 Å². The van der Waals surface area contributed by atoms with E-state index in [2.05, 4.69) is 0 Å². The summed E-state index contributed by atoms with van der Waals surface area (Å²) in [5.41, 5.74) is 6.91. The van der Waals surface area contributed by atoms with E-state index in [1.165, 1.54) is 13.8 Å². The van der Waals surface area contributed by atoms with Crippen molar-refractivity contribution in [2.75, 3.05) is 0 Å². The first-order valence-electron chi connectivity index (χ1n) is 7.79. The molecule has 0 amide bonds. The minimum Gasteiger partial charge on any atom is -0.453 e. The second-order valence-corrected chi connectivity index (χ2v) is 5.77. The van der Waals surface area contributed by atoms with Crippen LogP contribution in [0.15, 0.2) is 30.3 Å². The molecule has 0 saturated carbocycles. The van der Waals surface area contributed by atoms with Crippen molar-refractivity contribution in [1.29, 1.82) is 0 Å². The average Bonchev–Trinajstić information content (AvgIpc) is 2.83. The lowest BCUT2D eigenvalue weighted by molar-refractivity contribution is -0.195. The third-order valence-corrected chi connectivity index (χ3v) is 3.59. The van der Waals surface area contributed by atoms with Gasteiger partial charge in [0.25, 0.3) is 0 Å². The standard InChI is InChI=1S/C17H23NO6/c1-10(18)14-15(21-9-13-7-5-4-6-8-13)16(22-11(2)19)17(24-14)23-12(3)20/h4-8,10,14-17H,9,18H2,1-3H3. The van der Waals surface area contributed by atoms with Crippen LogP contribution in [0.1, 0.15) is 26.3 Å². The summed E-state index contributed by atoms with van der Waals surface area (Å²) < 4.78 is 22.0. The molecule has 0 aliphatic carbocycles. The van der Waals surface area contributed by atoms with Gasteiger partial charge in [0.1, 0.15) is 12.2 Å². The Labute approximate surface area is 141 Å². The quantitative estimate of drug-likeness (QED) is 0.777. The second-order valence-electron chi connectivity index (χ2n) is 5.77. The Morgan fingerprint density at radius 2 is 1.75 bits per heavy atom. The molecular weight excluding hydrogens is 314 g/mol. The summed E-state index contributed by atoms with van der Waals surface area (Å²) in [6.45, 7) is 4.58. The van der Waals surface area contributed by atoms with Gasteiger partial charge in [-0.25, -0.2) is 0 Å². The summed E-state index contributed by atoms with van der Waals surface area (Å²) in [7, 11) is 0. The van der Waals surface area contributed by atoms with E-state index in [-0.39, 0.29) is 0 Å². The minimum atomic E-state index is -1.04. The summed E-state index contributed by atoms with van der Waals surface area (Å²) in [4.78, 5) is 22.7. The molecule has 1 aliphatic heterocycles. The second kappa shape index (κ2) is 8.23. The van der Waals surface area contributed by atoms with Gasteiger partial charge < -0.3 is 24.7 Å². The fourth-order valence-electron chi connectivity index (χ4n) is 2.60. The van der Waals surface area contributed by atoms with E-state index < -0.39 is 42.6 Å². The lowest BCUT2D eigenvalue weighted by Crippen LogP contribution is -2.45. The van der Waals surface area contributed by atoms with Crippen molar-refractivity contribution in [3.8, 4) is 0 Å². The van der Waals surface area contributed by atoms with E-state index in [4.69, 9.17) is 24.7 Å². The number of carbonyl (C=O) groups is 2. The van der Waals surface area contributed by atoms with Gasteiger partial charge in [0, 0.05) is 19.9 Å². The van der Waals surface area contributed by atoms with Gasteiger partial charge in [0.2, 0.25) is 6.29 Å². The van der Waals surface area contributed by atoms with Crippen molar-refractivity contribution in [1.82, 2.24) is 0 Å². The summed E-state index contributed by atoms with van der Waals surface area (Å²) in [6, 6.07) is 9.15. The number of carbonyl (C=O) groups excluding carboxylic acids is 2. The molecule has 1 aliphatic rings. The monoisotopic (exact) mass is 337 g/mol. The highest BCUT2D eigenvalue weighted by molar-refractivity contribution is 5.67. The number of hydrogen-bond acceptors (Lipinski definition) is 7. The predicted octanol–water partition coefficient (Wildman–Crippen LogP) is 1.14. The molecule has 7 heteroatoms. The normalized spacial score (nSPS) is 27.5. The van der Waals surface area contributed by atoms with Crippen LogP contribution in [0.4, 0.5) is 0 Å². The summed E-state index contributed by atoms with van der Waals surface area (Å²) in [6.07, 6.45) is -3.12. The van der Waals surface area contributed by atoms with Crippen LogP contribution < -0.4 is 5.73 Å². The maximum atomic E-state index is 11.4. The molecule has 0 bridgehead atoms. The Hall–Kier alpha value is -1.96. The highest BCUT2D eigenvalue weighted by Crippen LogP contribution is 2.30. The van der Waals surface area contributed by atoms with Gasteiger partial charge in [0.05, 0.1) is 6.61 Å². The Balaban J connectivity index is 2.16. The highest BCUT2D eigenvalue weighted by atomic mass is 16.7. The van der Waals surface area contributed by atoms with Gasteiger partial charge >= 0.3 is 11.9 Å². The van der Waals surface area contributed by atoms with Crippen LogP contribution in [0.2, 0.25) is 0 Å². The molecule has 2 rings (SSSR count). The molecule has 24 heavy (non-hydrogen) atoms. The number of hydrogen-bond donors (Lipinski definition) is 1. The zero-order valence-electron chi connectivity index (χ0n) is 14.0. The van der Waals surface area contributed by atoms with E-state index >= 15 is 0 Å². The van der Waals surface area contributed by atoms with E-state index in [0.717, 1.165) is 5.56 Å². The number of ether oxygens (including phenoxy) is 4. The predicted molar refractivity (Wildman–Crippen MR) is 84.6 cm³/mol. The van der Waals surface area contributed by atoms with Gasteiger partial charge in [-0.15, -0.1) is 0 Å². The van der Waals surface area contributed by atoms with Crippen LogP contribution >= 0.6 is 0 Å². The van der Waals surface area contributed by atoms with Crippen LogP contribution in [-0.2, 0) is 35.1 Å². The molecule has 1 heterocycles. The summed E-state index contributed by atoms with van der Waals surface area (Å²) >= 11 is 0. The molecule has 132 valence electrons. The van der Waals surface area contributed by atoms with Crippen LogP contribution in [0.25, 0.3) is 0 Å². The number of nitrogens with two attached hydrogens (primary N) is 1. The summed E-state index contributed by atoms with van der Waals surface area (Å²) in [5.74, 6) is -1.05. The molecule has 1 saturated heterocycles. The van der Waals surface area contributed by atoms with Gasteiger partial charge in [-0.05, 0) is 12.5 Å². The molecule has 5 atom stereocenters. The van der Waals surface area contributed by atoms with Crippen molar-refractivity contribution >= 4 is 11.9 Å². The average molecular weight is 337 g/mol. The minimum absolute atomic E-state index is 0.294. The SMILES string of the molecule is CC(=O)OC1OC(C(C)N)C(OCc2ccccc2)C1OC(C)=O. The van der Waals surface area contributed by atoms with Crippen molar-refractivity contribution in [2.24, 2.45) is 5.73 Å². The fourth-order valence-corrected chi connectivity index (χ4v) is 2.60.